The lowest BCUT2D eigenvalue weighted by Crippen LogP contribution is -2.64. The summed E-state index contributed by atoms with van der Waals surface area (Å²) in [6.45, 7) is 0.788. The summed E-state index contributed by atoms with van der Waals surface area (Å²) in [6, 6.07) is 4.15. The van der Waals surface area contributed by atoms with Gasteiger partial charge >= 0.3 is 0 Å². The number of ether oxygens (including phenoxy) is 1. The zero-order valence-corrected chi connectivity index (χ0v) is 18.7. The van der Waals surface area contributed by atoms with Gasteiger partial charge in [-0.25, -0.2) is 9.07 Å². The molecule has 0 saturated carbocycles. The molecule has 0 spiro atoms. The van der Waals surface area contributed by atoms with Gasteiger partial charge in [0.2, 0.25) is 11.8 Å². The number of aromatic nitrogens is 3. The van der Waals surface area contributed by atoms with E-state index in [0.717, 1.165) is 5.56 Å². The highest BCUT2D eigenvalue weighted by Crippen LogP contribution is 2.36. The number of nitrogens with two attached hydrogens (primary N) is 2. The van der Waals surface area contributed by atoms with Gasteiger partial charge in [-0.15, -0.1) is 5.10 Å². The van der Waals surface area contributed by atoms with Crippen LogP contribution in [0.2, 0.25) is 0 Å². The van der Waals surface area contributed by atoms with E-state index in [9.17, 15) is 23.6 Å². The first kappa shape index (κ1) is 22.9. The van der Waals surface area contributed by atoms with Crippen molar-refractivity contribution in [3.63, 3.8) is 0 Å². The highest BCUT2D eigenvalue weighted by Gasteiger charge is 2.52. The van der Waals surface area contributed by atoms with Crippen molar-refractivity contribution in [3.05, 3.63) is 47.0 Å². The van der Waals surface area contributed by atoms with Crippen molar-refractivity contribution in [2.75, 3.05) is 13.1 Å². The Kier molecular flexibility index (Phi) is 5.71. The van der Waals surface area contributed by atoms with Crippen LogP contribution in [0.25, 0.3) is 0 Å². The quantitative estimate of drug-likeness (QED) is 0.548. The van der Waals surface area contributed by atoms with E-state index in [-0.39, 0.29) is 61.2 Å². The fourth-order valence-corrected chi connectivity index (χ4v) is 5.18. The Hall–Kier alpha value is -3.87. The average Bonchev–Trinajstić information content (AvgIpc) is 3.47. The van der Waals surface area contributed by atoms with E-state index in [1.807, 2.05) is 0 Å². The van der Waals surface area contributed by atoms with Gasteiger partial charge in [0.05, 0.1) is 18.8 Å². The number of primary amides is 2. The molecule has 5 rings (SSSR count). The summed E-state index contributed by atoms with van der Waals surface area (Å²) in [4.78, 5) is 53.3. The summed E-state index contributed by atoms with van der Waals surface area (Å²) in [7, 11) is 0. The zero-order valence-electron chi connectivity index (χ0n) is 18.7. The molecular weight excluding hydrogens is 461 g/mol. The Labute approximate surface area is 199 Å². The normalized spacial score (nSPS) is 26.0. The van der Waals surface area contributed by atoms with Crippen molar-refractivity contribution in [2.45, 2.75) is 50.1 Å². The van der Waals surface area contributed by atoms with Crippen LogP contribution in [-0.4, -0.2) is 79.7 Å². The molecule has 1 aromatic heterocycles. The van der Waals surface area contributed by atoms with Gasteiger partial charge in [0, 0.05) is 19.5 Å². The Morgan fingerprint density at radius 2 is 1.71 bits per heavy atom. The van der Waals surface area contributed by atoms with Crippen LogP contribution in [0, 0.1) is 5.82 Å². The Bertz CT molecular complexity index is 1200. The van der Waals surface area contributed by atoms with Crippen LogP contribution in [-0.2, 0) is 20.9 Å². The molecule has 3 saturated heterocycles. The van der Waals surface area contributed by atoms with Crippen LogP contribution in [0.4, 0.5) is 4.39 Å². The molecule has 2 aromatic rings. The number of halogens is 1. The summed E-state index contributed by atoms with van der Waals surface area (Å²) < 4.78 is 20.3. The molecule has 13 heteroatoms. The van der Waals surface area contributed by atoms with Crippen molar-refractivity contribution in [2.24, 2.45) is 11.5 Å². The van der Waals surface area contributed by atoms with Crippen molar-refractivity contribution in [3.8, 4) is 0 Å². The van der Waals surface area contributed by atoms with E-state index in [1.165, 1.54) is 16.8 Å². The third kappa shape index (κ3) is 4.01. The van der Waals surface area contributed by atoms with Gasteiger partial charge in [-0.05, 0) is 30.5 Å². The van der Waals surface area contributed by atoms with E-state index in [2.05, 4.69) is 10.3 Å². The third-order valence-electron chi connectivity index (χ3n) is 6.88. The van der Waals surface area contributed by atoms with Gasteiger partial charge in [-0.2, -0.15) is 0 Å². The molecule has 3 aliphatic heterocycles. The van der Waals surface area contributed by atoms with E-state index in [4.69, 9.17) is 16.2 Å². The Balaban J connectivity index is 1.30. The Morgan fingerprint density at radius 1 is 1.03 bits per heavy atom. The number of hydrogen-bond acceptors (Lipinski definition) is 7. The van der Waals surface area contributed by atoms with Crippen molar-refractivity contribution < 1.29 is 28.3 Å². The standard InChI is InChI=1S/C22H24FN7O5/c23-12-3-1-11(2-4-12)10-35-14-8-16-21(33)28-6-5-13(7-15(28)22(34)29(16)9-14)30-18(20(25)32)17(19(24)31)26-27-30/h1-4,13-16H,5-10H2,(H2,24,31)(H2,25,32)/t13-,14+,15-,16-/m0/s1. The van der Waals surface area contributed by atoms with Crippen molar-refractivity contribution in [1.82, 2.24) is 24.8 Å². The predicted molar refractivity (Wildman–Crippen MR) is 116 cm³/mol. The van der Waals surface area contributed by atoms with Gasteiger partial charge in [0.15, 0.2) is 11.4 Å². The van der Waals surface area contributed by atoms with E-state index < -0.39 is 29.9 Å². The summed E-state index contributed by atoms with van der Waals surface area (Å²) in [5.74, 6) is -2.52. The van der Waals surface area contributed by atoms with Gasteiger partial charge in [-0.1, -0.05) is 17.3 Å². The molecule has 0 radical (unpaired) electrons. The summed E-state index contributed by atoms with van der Waals surface area (Å²) in [5.41, 5.74) is 11.0. The number of fused-ring (bicyclic) bond motifs is 2. The number of carbonyl (C=O) groups is 4. The SMILES string of the molecule is NC(=O)c1nnn([C@H]2CCN3C(=O)[C@@H]4C[C@@H](OCc5ccc(F)cc5)CN4C(=O)[C@@H]3C2)c1C(N)=O. The molecule has 0 unspecified atom stereocenters. The molecule has 4 atom stereocenters. The predicted octanol–water partition coefficient (Wildman–Crippen LogP) is -0.653. The number of nitrogens with zero attached hydrogens (tertiary/aromatic N) is 5. The second-order valence-corrected chi connectivity index (χ2v) is 8.99. The van der Waals surface area contributed by atoms with E-state index in [0.29, 0.717) is 12.8 Å². The van der Waals surface area contributed by atoms with Gasteiger partial charge in [0.1, 0.15) is 17.9 Å². The Morgan fingerprint density at radius 3 is 2.40 bits per heavy atom. The van der Waals surface area contributed by atoms with Crippen molar-refractivity contribution in [1.29, 1.82) is 0 Å². The van der Waals surface area contributed by atoms with Crippen molar-refractivity contribution >= 4 is 23.6 Å². The van der Waals surface area contributed by atoms with Crippen LogP contribution < -0.4 is 11.5 Å². The summed E-state index contributed by atoms with van der Waals surface area (Å²) >= 11 is 0. The topological polar surface area (TPSA) is 167 Å². The highest BCUT2D eigenvalue weighted by molar-refractivity contribution is 6.03. The van der Waals surface area contributed by atoms with Gasteiger partial charge < -0.3 is 26.0 Å². The number of piperidine rings is 1. The summed E-state index contributed by atoms with van der Waals surface area (Å²) in [5, 5.41) is 7.58. The van der Waals surface area contributed by atoms with E-state index >= 15 is 0 Å². The molecule has 4 heterocycles. The minimum Gasteiger partial charge on any atom is -0.372 e. The minimum absolute atomic E-state index is 0.146. The molecule has 1 aromatic carbocycles. The first-order chi connectivity index (χ1) is 16.7. The van der Waals surface area contributed by atoms with Gasteiger partial charge in [-0.3, -0.25) is 19.2 Å². The molecule has 184 valence electrons. The molecule has 4 N–H and O–H groups in total. The number of hydrogen-bond donors (Lipinski definition) is 2. The molecular formula is C22H24FN7O5. The monoisotopic (exact) mass is 485 g/mol. The summed E-state index contributed by atoms with van der Waals surface area (Å²) in [6.07, 6.45) is 0.644. The van der Waals surface area contributed by atoms with E-state index in [1.54, 1.807) is 21.9 Å². The van der Waals surface area contributed by atoms with Crippen LogP contribution in [0.3, 0.4) is 0 Å². The van der Waals surface area contributed by atoms with Crippen LogP contribution in [0.15, 0.2) is 24.3 Å². The van der Waals surface area contributed by atoms with Crippen LogP contribution in [0.5, 0.6) is 0 Å². The molecule has 12 nitrogen and oxygen atoms in total. The van der Waals surface area contributed by atoms with Crippen LogP contribution in [0.1, 0.15) is 51.8 Å². The number of carbonyl (C=O) groups excluding carboxylic acids is 4. The third-order valence-corrected chi connectivity index (χ3v) is 6.88. The molecule has 3 aliphatic rings. The second-order valence-electron chi connectivity index (χ2n) is 8.99. The maximum atomic E-state index is 13.4. The lowest BCUT2D eigenvalue weighted by atomic mass is 9.92. The highest BCUT2D eigenvalue weighted by atomic mass is 19.1. The number of amides is 4. The van der Waals surface area contributed by atoms with Crippen LogP contribution >= 0.6 is 0 Å². The lowest BCUT2D eigenvalue weighted by Gasteiger charge is -2.46. The maximum Gasteiger partial charge on any atom is 0.271 e. The minimum atomic E-state index is -0.932. The lowest BCUT2D eigenvalue weighted by molar-refractivity contribution is -0.162. The number of piperazine rings is 1. The fourth-order valence-electron chi connectivity index (χ4n) is 5.18. The largest absolute Gasteiger partial charge is 0.372 e. The fraction of sp³-hybridized carbons (Fsp3) is 0.455. The first-order valence-corrected chi connectivity index (χ1v) is 11.3. The number of rotatable bonds is 6. The second kappa shape index (κ2) is 8.73. The maximum absolute atomic E-state index is 13.4. The smallest absolute Gasteiger partial charge is 0.271 e. The first-order valence-electron chi connectivity index (χ1n) is 11.3. The molecule has 35 heavy (non-hydrogen) atoms. The molecule has 3 fully saturated rings. The van der Waals surface area contributed by atoms with Gasteiger partial charge in [0.25, 0.3) is 11.8 Å². The molecule has 0 aliphatic carbocycles. The zero-order chi connectivity index (χ0) is 24.9. The molecule has 0 bridgehead atoms. The number of benzene rings is 1. The molecule has 4 amide bonds. The average molecular weight is 485 g/mol.